The second kappa shape index (κ2) is 13.8. The molecule has 0 bridgehead atoms. The van der Waals surface area contributed by atoms with Crippen molar-refractivity contribution in [1.82, 2.24) is 29.5 Å². The minimum absolute atomic E-state index is 0.106. The van der Waals surface area contributed by atoms with Gasteiger partial charge in [-0.2, -0.15) is 16.9 Å². The molecule has 0 aliphatic carbocycles. The Kier molecular flexibility index (Phi) is 11.4. The van der Waals surface area contributed by atoms with Crippen molar-refractivity contribution in [3.05, 3.63) is 28.8 Å². The lowest BCUT2D eigenvalue weighted by atomic mass is 10.0. The topological polar surface area (TPSA) is 88.3 Å². The zero-order chi connectivity index (χ0) is 26.1. The highest BCUT2D eigenvalue weighted by Crippen LogP contribution is 2.32. The van der Waals surface area contributed by atoms with Gasteiger partial charge in [0.05, 0.1) is 17.9 Å². The number of nitrogens with one attached hydrogen (secondary N) is 1. The molecule has 2 aromatic heterocycles. The molecule has 0 saturated heterocycles. The number of rotatable bonds is 14. The first-order chi connectivity index (χ1) is 16.6. The molecule has 35 heavy (non-hydrogen) atoms. The average Bonchev–Trinajstić information content (AvgIpc) is 3.37. The van der Waals surface area contributed by atoms with Gasteiger partial charge in [0, 0.05) is 52.6 Å². The minimum atomic E-state index is -0.936. The lowest BCUT2D eigenvalue weighted by Crippen LogP contribution is -2.45. The highest BCUT2D eigenvalue weighted by Gasteiger charge is 2.36. The van der Waals surface area contributed by atoms with E-state index >= 15 is 0 Å². The van der Waals surface area contributed by atoms with Gasteiger partial charge in [-0.05, 0) is 31.6 Å². The number of hydrogen-bond acceptors (Lipinski definition) is 6. The summed E-state index contributed by atoms with van der Waals surface area (Å²) >= 11 is 8.26. The van der Waals surface area contributed by atoms with E-state index < -0.39 is 6.04 Å². The van der Waals surface area contributed by atoms with E-state index in [-0.39, 0.29) is 23.5 Å². The number of carbonyl (C=O) groups is 2. The summed E-state index contributed by atoms with van der Waals surface area (Å²) < 4.78 is 3.60. The monoisotopic (exact) mass is 525 g/mol. The van der Waals surface area contributed by atoms with E-state index in [1.165, 1.54) is 0 Å². The van der Waals surface area contributed by atoms with E-state index in [0.717, 1.165) is 30.8 Å². The largest absolute Gasteiger partial charge is 0.353 e. The minimum Gasteiger partial charge on any atom is -0.353 e. The Morgan fingerprint density at radius 1 is 1.29 bits per heavy atom. The van der Waals surface area contributed by atoms with Crippen LogP contribution in [0.2, 0.25) is 5.15 Å². The summed E-state index contributed by atoms with van der Waals surface area (Å²) in [5.41, 5.74) is 1.21. The van der Waals surface area contributed by atoms with Gasteiger partial charge in [-0.15, -0.1) is 0 Å². The molecule has 11 heteroatoms. The van der Waals surface area contributed by atoms with Crippen LogP contribution in [-0.4, -0.2) is 68.7 Å². The Balaban J connectivity index is 2.53. The molecule has 0 radical (unpaired) electrons. The summed E-state index contributed by atoms with van der Waals surface area (Å²) in [5, 5.41) is 7.78. The van der Waals surface area contributed by atoms with Crippen LogP contribution in [0, 0.1) is 5.92 Å². The maximum Gasteiger partial charge on any atom is 0.249 e. The first-order valence-corrected chi connectivity index (χ1v) is 13.9. The molecule has 0 saturated carbocycles. The second-order valence-corrected chi connectivity index (χ2v) is 10.5. The van der Waals surface area contributed by atoms with Gasteiger partial charge in [0.1, 0.15) is 0 Å². The predicted octanol–water partition coefficient (Wildman–Crippen LogP) is 3.73. The fourth-order valence-corrected chi connectivity index (χ4v) is 4.53. The Morgan fingerprint density at radius 2 is 2.00 bits per heavy atom. The van der Waals surface area contributed by atoms with E-state index in [1.54, 1.807) is 21.2 Å². The fourth-order valence-electron chi connectivity index (χ4n) is 3.92. The van der Waals surface area contributed by atoms with E-state index in [4.69, 9.17) is 11.6 Å². The summed E-state index contributed by atoms with van der Waals surface area (Å²) in [4.78, 5) is 35.2. The zero-order valence-electron chi connectivity index (χ0n) is 22.0. The molecule has 2 heterocycles. The third kappa shape index (κ3) is 7.90. The third-order valence-electron chi connectivity index (χ3n) is 5.74. The molecule has 196 valence electrons. The summed E-state index contributed by atoms with van der Waals surface area (Å²) in [5.74, 6) is 1.49. The van der Waals surface area contributed by atoms with Crippen molar-refractivity contribution in [1.29, 1.82) is 0 Å². The van der Waals surface area contributed by atoms with Gasteiger partial charge in [0.15, 0.2) is 11.2 Å². The Morgan fingerprint density at radius 3 is 2.54 bits per heavy atom. The highest BCUT2D eigenvalue weighted by molar-refractivity contribution is 7.98. The number of halogens is 1. The van der Waals surface area contributed by atoms with Crippen LogP contribution in [0.25, 0.3) is 0 Å². The maximum absolute atomic E-state index is 13.6. The molecule has 1 atom stereocenters. The van der Waals surface area contributed by atoms with Crippen molar-refractivity contribution in [2.45, 2.75) is 59.2 Å². The summed E-state index contributed by atoms with van der Waals surface area (Å²) in [6.07, 6.45) is 5.90. The van der Waals surface area contributed by atoms with Crippen molar-refractivity contribution in [2.24, 2.45) is 13.0 Å². The van der Waals surface area contributed by atoms with Crippen LogP contribution >= 0.6 is 23.4 Å². The molecule has 2 aromatic rings. The van der Waals surface area contributed by atoms with Gasteiger partial charge >= 0.3 is 0 Å². The summed E-state index contributed by atoms with van der Waals surface area (Å²) in [6, 6.07) is 0.949. The highest BCUT2D eigenvalue weighted by atomic mass is 35.5. The van der Waals surface area contributed by atoms with Gasteiger partial charge in [0.25, 0.3) is 0 Å². The van der Waals surface area contributed by atoms with Gasteiger partial charge in [-0.1, -0.05) is 31.9 Å². The lowest BCUT2D eigenvalue weighted by molar-refractivity contribution is -0.142. The standard InChI is InChI=1S/C24H40ClN7O2S/c1-8-31-14-12-18(28-31)16-32(19(33)11-9-10-17(2)3)21(23(34)26-13-15-35-7)20-22(25)27-24(29(4)5)30(20)6/h12,14,17,21H,8-11,13,15-16H2,1-7H3,(H,26,34). The lowest BCUT2D eigenvalue weighted by Gasteiger charge is -2.31. The average molecular weight is 526 g/mol. The zero-order valence-corrected chi connectivity index (χ0v) is 23.6. The van der Waals surface area contributed by atoms with E-state index in [9.17, 15) is 9.59 Å². The Bertz CT molecular complexity index is 973. The van der Waals surface area contributed by atoms with E-state index in [0.29, 0.717) is 30.5 Å². The SMILES string of the molecule is CCn1ccc(CN(C(=O)CCCC(C)C)C(C(=O)NCCSC)c2c(Cl)nc(N(C)C)n2C)n1. The molecular weight excluding hydrogens is 486 g/mol. The Labute approximate surface area is 218 Å². The number of carbonyl (C=O) groups excluding carboxylic acids is 2. The van der Waals surface area contributed by atoms with Crippen molar-refractivity contribution in [3.8, 4) is 0 Å². The van der Waals surface area contributed by atoms with E-state index in [1.807, 2.05) is 56.2 Å². The van der Waals surface area contributed by atoms with E-state index in [2.05, 4.69) is 29.2 Å². The molecule has 0 aliphatic heterocycles. The maximum atomic E-state index is 13.6. The van der Waals surface area contributed by atoms with Gasteiger partial charge in [0.2, 0.25) is 17.8 Å². The van der Waals surface area contributed by atoms with Crippen LogP contribution in [0.15, 0.2) is 12.3 Å². The number of aryl methyl sites for hydroxylation is 1. The van der Waals surface area contributed by atoms with Gasteiger partial charge < -0.3 is 19.7 Å². The van der Waals surface area contributed by atoms with Crippen LogP contribution in [0.3, 0.4) is 0 Å². The second-order valence-electron chi connectivity index (χ2n) is 9.20. The number of anilines is 1. The smallest absolute Gasteiger partial charge is 0.249 e. The first-order valence-electron chi connectivity index (χ1n) is 12.1. The molecule has 0 spiro atoms. The van der Waals surface area contributed by atoms with Crippen LogP contribution < -0.4 is 10.2 Å². The number of hydrogen-bond donors (Lipinski definition) is 1. The van der Waals surface area contributed by atoms with Crippen molar-refractivity contribution >= 4 is 41.1 Å². The van der Waals surface area contributed by atoms with Crippen molar-refractivity contribution in [2.75, 3.05) is 37.5 Å². The molecule has 1 unspecified atom stereocenters. The predicted molar refractivity (Wildman–Crippen MR) is 144 cm³/mol. The quantitative estimate of drug-likeness (QED) is 0.378. The molecule has 0 aliphatic rings. The number of nitrogens with zero attached hydrogens (tertiary/aromatic N) is 6. The van der Waals surface area contributed by atoms with Crippen LogP contribution in [-0.2, 0) is 29.7 Å². The molecule has 9 nitrogen and oxygen atoms in total. The van der Waals surface area contributed by atoms with Crippen LogP contribution in [0.1, 0.15) is 57.5 Å². The van der Waals surface area contributed by atoms with Crippen molar-refractivity contribution < 1.29 is 9.59 Å². The van der Waals surface area contributed by atoms with Crippen LogP contribution in [0.5, 0.6) is 0 Å². The number of aromatic nitrogens is 4. The number of amides is 2. The van der Waals surface area contributed by atoms with Crippen LogP contribution in [0.4, 0.5) is 5.95 Å². The molecule has 1 N–H and O–H groups in total. The third-order valence-corrected chi connectivity index (χ3v) is 6.63. The molecule has 2 rings (SSSR count). The Hall–Kier alpha value is -2.20. The number of imidazole rings is 1. The summed E-state index contributed by atoms with van der Waals surface area (Å²) in [7, 11) is 5.55. The van der Waals surface area contributed by atoms with Crippen molar-refractivity contribution in [3.63, 3.8) is 0 Å². The normalized spacial score (nSPS) is 12.1. The first kappa shape index (κ1) is 29.0. The molecular formula is C24H40ClN7O2S. The molecule has 2 amide bonds. The summed E-state index contributed by atoms with van der Waals surface area (Å²) in [6.45, 7) is 7.70. The fraction of sp³-hybridized carbons (Fsp3) is 0.667. The van der Waals surface area contributed by atoms with Gasteiger partial charge in [-0.25, -0.2) is 4.98 Å². The molecule has 0 aromatic carbocycles. The molecule has 0 fully saturated rings. The number of thioether (sulfide) groups is 1. The van der Waals surface area contributed by atoms with Gasteiger partial charge in [-0.3, -0.25) is 14.3 Å².